The molecule has 0 saturated carbocycles. The Hall–Kier alpha value is -2.42. The third-order valence-electron chi connectivity index (χ3n) is 5.36. The third-order valence-corrected chi connectivity index (χ3v) is 7.57. The summed E-state index contributed by atoms with van der Waals surface area (Å²) in [7, 11) is 0.879. The first-order valence-electron chi connectivity index (χ1n) is 10.6. The Bertz CT molecular complexity index is 1180. The number of hydrogen-bond acceptors (Lipinski definition) is 7. The van der Waals surface area contributed by atoms with Gasteiger partial charge in [-0.15, -0.1) is 0 Å². The average Bonchev–Trinajstić information content (AvgIpc) is 3.13. The van der Waals surface area contributed by atoms with Gasteiger partial charge < -0.3 is 14.5 Å². The summed E-state index contributed by atoms with van der Waals surface area (Å²) in [5.74, 6) is 1.93. The molecule has 0 saturated heterocycles. The largest absolute Gasteiger partial charge is 0.456 e. The molecule has 4 rings (SSSR count). The van der Waals surface area contributed by atoms with Gasteiger partial charge >= 0.3 is 0 Å². The highest BCUT2D eigenvalue weighted by Gasteiger charge is 2.31. The average molecular weight is 475 g/mol. The number of fused-ring (bicyclic) bond motifs is 3. The topological polar surface area (TPSA) is 74.6 Å². The molecule has 0 N–H and O–H groups in total. The Balaban J connectivity index is 1.58. The van der Waals surface area contributed by atoms with Crippen molar-refractivity contribution in [2.24, 2.45) is 9.98 Å². The first-order valence-corrected chi connectivity index (χ1v) is 12.8. The molecule has 32 heavy (non-hydrogen) atoms. The summed E-state index contributed by atoms with van der Waals surface area (Å²) in [6, 6.07) is 11.1. The summed E-state index contributed by atoms with van der Waals surface area (Å²) in [5, 5.41) is 0.314. The van der Waals surface area contributed by atoms with Crippen LogP contribution in [0.25, 0.3) is 0 Å². The number of halogens is 1. The summed E-state index contributed by atoms with van der Waals surface area (Å²) >= 11 is 6.52. The highest BCUT2D eigenvalue weighted by Crippen LogP contribution is 2.36. The van der Waals surface area contributed by atoms with Crippen LogP contribution in [0.5, 0.6) is 11.5 Å². The van der Waals surface area contributed by atoms with E-state index in [4.69, 9.17) is 21.3 Å². The van der Waals surface area contributed by atoms with E-state index >= 15 is 0 Å². The Labute approximate surface area is 194 Å². The fourth-order valence-electron chi connectivity index (χ4n) is 3.96. The molecular formula is C23H27ClN4O3S. The summed E-state index contributed by atoms with van der Waals surface area (Å²) < 4.78 is 30.6. The van der Waals surface area contributed by atoms with E-state index in [9.17, 15) is 8.42 Å². The zero-order valence-electron chi connectivity index (χ0n) is 18.5. The molecule has 0 spiro atoms. The first-order chi connectivity index (χ1) is 15.3. The number of rotatable bonds is 8. The van der Waals surface area contributed by atoms with E-state index in [0.29, 0.717) is 35.1 Å². The van der Waals surface area contributed by atoms with Gasteiger partial charge in [0, 0.05) is 12.1 Å². The second kappa shape index (κ2) is 9.21. The quantitative estimate of drug-likeness (QED) is 0.575. The SMILES string of the molecule is CCCS(=O)(=O)Cc1cccc(Oc2ccc3c(c2)C2=NCC(CN(C)C)N2C=N3)c1Cl. The van der Waals surface area contributed by atoms with Gasteiger partial charge in [0.15, 0.2) is 9.84 Å². The van der Waals surface area contributed by atoms with Crippen LogP contribution < -0.4 is 4.74 Å². The Morgan fingerprint density at radius 1 is 1.25 bits per heavy atom. The Morgan fingerprint density at radius 3 is 2.81 bits per heavy atom. The minimum atomic E-state index is -3.21. The number of amidine groups is 1. The van der Waals surface area contributed by atoms with Crippen molar-refractivity contribution in [3.63, 3.8) is 0 Å². The van der Waals surface area contributed by atoms with Gasteiger partial charge in [0.25, 0.3) is 0 Å². The minimum absolute atomic E-state index is 0.102. The van der Waals surface area contributed by atoms with E-state index < -0.39 is 9.84 Å². The van der Waals surface area contributed by atoms with Crippen molar-refractivity contribution in [3.8, 4) is 11.5 Å². The van der Waals surface area contributed by atoms with E-state index in [1.807, 2.05) is 45.6 Å². The molecule has 0 radical (unpaired) electrons. The molecule has 2 aliphatic heterocycles. The van der Waals surface area contributed by atoms with Gasteiger partial charge in [-0.3, -0.25) is 4.99 Å². The predicted octanol–water partition coefficient (Wildman–Crippen LogP) is 4.12. The summed E-state index contributed by atoms with van der Waals surface area (Å²) in [6.45, 7) is 3.44. The molecule has 0 aromatic heterocycles. The molecule has 170 valence electrons. The number of likely N-dealkylation sites (N-methyl/N-ethyl adjacent to an activating group) is 1. The highest BCUT2D eigenvalue weighted by atomic mass is 35.5. The summed E-state index contributed by atoms with van der Waals surface area (Å²) in [4.78, 5) is 13.6. The van der Waals surface area contributed by atoms with E-state index in [1.54, 1.807) is 18.2 Å². The number of benzene rings is 2. The molecule has 0 aliphatic carbocycles. The normalized spacial score (nSPS) is 17.3. The predicted molar refractivity (Wildman–Crippen MR) is 129 cm³/mol. The van der Waals surface area contributed by atoms with Gasteiger partial charge in [-0.25, -0.2) is 13.4 Å². The van der Waals surface area contributed by atoms with Gasteiger partial charge in [0.2, 0.25) is 0 Å². The van der Waals surface area contributed by atoms with Gasteiger partial charge in [0.1, 0.15) is 17.3 Å². The van der Waals surface area contributed by atoms with Crippen LogP contribution in [-0.4, -0.2) is 69.4 Å². The van der Waals surface area contributed by atoms with E-state index in [1.165, 1.54) is 0 Å². The molecule has 0 fully saturated rings. The third kappa shape index (κ3) is 4.82. The van der Waals surface area contributed by atoms with Crippen LogP contribution in [0.2, 0.25) is 5.02 Å². The molecule has 2 heterocycles. The highest BCUT2D eigenvalue weighted by molar-refractivity contribution is 7.90. The lowest BCUT2D eigenvalue weighted by molar-refractivity contribution is 0.323. The van der Waals surface area contributed by atoms with Crippen molar-refractivity contribution in [2.75, 3.05) is 32.9 Å². The van der Waals surface area contributed by atoms with Crippen LogP contribution in [0, 0.1) is 0 Å². The van der Waals surface area contributed by atoms with Crippen LogP contribution >= 0.6 is 11.6 Å². The number of aliphatic imine (C=N–C) groups is 2. The molecule has 2 aromatic carbocycles. The standard InChI is InChI=1S/C23H27ClN4O3S/c1-4-10-32(29,30)14-16-6-5-7-21(22(16)24)31-18-8-9-20-19(11-18)23-25-12-17(13-27(2)3)28(23)15-26-20/h5-9,11,15,17H,4,10,12-14H2,1-3H3. The minimum Gasteiger partial charge on any atom is -0.456 e. The maximum absolute atomic E-state index is 12.2. The van der Waals surface area contributed by atoms with Crippen molar-refractivity contribution >= 4 is 39.3 Å². The number of hydrogen-bond donors (Lipinski definition) is 0. The molecule has 9 heteroatoms. The van der Waals surface area contributed by atoms with Crippen molar-refractivity contribution in [3.05, 3.63) is 52.5 Å². The van der Waals surface area contributed by atoms with Gasteiger partial charge in [-0.2, -0.15) is 0 Å². The number of sulfone groups is 1. The zero-order valence-corrected chi connectivity index (χ0v) is 20.0. The first kappa shape index (κ1) is 22.8. The van der Waals surface area contributed by atoms with E-state index in [0.717, 1.165) is 23.6 Å². The monoisotopic (exact) mass is 474 g/mol. The fourth-order valence-corrected chi connectivity index (χ4v) is 5.75. The smallest absolute Gasteiger partial charge is 0.154 e. The molecule has 2 aliphatic rings. The van der Waals surface area contributed by atoms with Gasteiger partial charge in [-0.05, 0) is 50.3 Å². The number of ether oxygens (including phenoxy) is 1. The zero-order chi connectivity index (χ0) is 22.9. The second-order valence-corrected chi connectivity index (χ2v) is 10.9. The summed E-state index contributed by atoms with van der Waals surface area (Å²) in [5.41, 5.74) is 2.28. The van der Waals surface area contributed by atoms with E-state index in [-0.39, 0.29) is 17.5 Å². The van der Waals surface area contributed by atoms with Gasteiger partial charge in [0.05, 0.1) is 41.1 Å². The van der Waals surface area contributed by atoms with E-state index in [2.05, 4.69) is 14.8 Å². The molecule has 2 aromatic rings. The molecule has 7 nitrogen and oxygen atoms in total. The molecule has 0 bridgehead atoms. The van der Waals surface area contributed by atoms with Gasteiger partial charge in [-0.1, -0.05) is 30.7 Å². The maximum atomic E-state index is 12.2. The Morgan fingerprint density at radius 2 is 2.06 bits per heavy atom. The second-order valence-electron chi connectivity index (χ2n) is 8.33. The van der Waals surface area contributed by atoms with Crippen molar-refractivity contribution in [2.45, 2.75) is 25.1 Å². The number of nitrogens with zero attached hydrogens (tertiary/aromatic N) is 4. The molecular weight excluding hydrogens is 448 g/mol. The van der Waals surface area contributed by atoms with Crippen molar-refractivity contribution in [1.82, 2.24) is 9.80 Å². The fraction of sp³-hybridized carbons (Fsp3) is 0.391. The van der Waals surface area contributed by atoms with Crippen LogP contribution in [0.1, 0.15) is 24.5 Å². The van der Waals surface area contributed by atoms with Crippen LogP contribution in [0.3, 0.4) is 0 Å². The van der Waals surface area contributed by atoms with Crippen LogP contribution in [0.4, 0.5) is 5.69 Å². The summed E-state index contributed by atoms with van der Waals surface area (Å²) in [6.07, 6.45) is 2.42. The molecule has 1 atom stereocenters. The molecule has 1 unspecified atom stereocenters. The molecule has 0 amide bonds. The maximum Gasteiger partial charge on any atom is 0.154 e. The van der Waals surface area contributed by atoms with Crippen LogP contribution in [-0.2, 0) is 15.6 Å². The van der Waals surface area contributed by atoms with Crippen molar-refractivity contribution in [1.29, 1.82) is 0 Å². The lowest BCUT2D eigenvalue weighted by Gasteiger charge is -2.28. The lowest BCUT2D eigenvalue weighted by Crippen LogP contribution is -2.43. The lowest BCUT2D eigenvalue weighted by atomic mass is 10.1. The van der Waals surface area contributed by atoms with Crippen molar-refractivity contribution < 1.29 is 13.2 Å². The Kier molecular flexibility index (Phi) is 6.55. The van der Waals surface area contributed by atoms with Crippen LogP contribution in [0.15, 0.2) is 46.4 Å².